The number of ketones is 1. The van der Waals surface area contributed by atoms with Crippen LogP contribution in [0.25, 0.3) is 66.8 Å². The molecule has 3 saturated carbocycles. The number of para-hydroxylation sites is 1. The number of fused-ring (bicyclic) bond motifs is 31. The van der Waals surface area contributed by atoms with E-state index < -0.39 is 0 Å². The van der Waals surface area contributed by atoms with Gasteiger partial charge in [-0.25, -0.2) is 0 Å². The fourth-order valence-electron chi connectivity index (χ4n) is 25.8. The quantitative estimate of drug-likeness (QED) is 0.178. The van der Waals surface area contributed by atoms with Crippen LogP contribution in [0.15, 0.2) is 309 Å². The van der Waals surface area contributed by atoms with Crippen LogP contribution in [0.4, 0.5) is 5.69 Å². The first kappa shape index (κ1) is 78.7. The van der Waals surface area contributed by atoms with Gasteiger partial charge in [0.25, 0.3) is 0 Å². The fraction of sp³-hybridized carbons (Fsp3) is 0.292. The van der Waals surface area contributed by atoms with Gasteiger partial charge in [-0.2, -0.15) is 0 Å². The molecule has 10 aliphatic carbocycles. The minimum absolute atomic E-state index is 0.0891. The van der Waals surface area contributed by atoms with E-state index in [-0.39, 0.29) is 21.7 Å². The van der Waals surface area contributed by atoms with Gasteiger partial charge in [0.05, 0.1) is 0 Å². The molecule has 1 N–H and O–H groups in total. The molecule has 5 fully saturated rings. The lowest BCUT2D eigenvalue weighted by Gasteiger charge is -2.42. The number of benzene rings is 14. The molecule has 0 amide bonds. The summed E-state index contributed by atoms with van der Waals surface area (Å²) in [5.41, 5.74) is 49.9. The minimum Gasteiger partial charge on any atom is -0.371 e. The highest BCUT2D eigenvalue weighted by Gasteiger charge is 2.51. The summed E-state index contributed by atoms with van der Waals surface area (Å²) in [5.74, 6) is 0.425. The number of piperidine rings is 2. The van der Waals surface area contributed by atoms with Crippen LogP contribution in [-0.4, -0.2) is 32.0 Å². The van der Waals surface area contributed by atoms with Gasteiger partial charge >= 0.3 is 0 Å². The Morgan fingerprint density at radius 1 is 0.228 bits per heavy atom. The van der Waals surface area contributed by atoms with E-state index in [1.54, 1.807) is 44.5 Å². The highest BCUT2D eigenvalue weighted by Crippen LogP contribution is 2.62. The van der Waals surface area contributed by atoms with Crippen molar-refractivity contribution in [3.8, 4) is 66.8 Å². The third kappa shape index (κ3) is 13.2. The zero-order valence-electron chi connectivity index (χ0n) is 73.1. The molecule has 3 heteroatoms. The Hall–Kier alpha value is -11.5. The zero-order chi connectivity index (χ0) is 83.2. The molecule has 0 unspecified atom stereocenters. The monoisotopic (exact) mass is 1600 g/mol. The van der Waals surface area contributed by atoms with Crippen LogP contribution in [0, 0.1) is 41.5 Å². The molecule has 0 aromatic heterocycles. The van der Waals surface area contributed by atoms with Crippen molar-refractivity contribution in [2.75, 3.05) is 31.1 Å². The van der Waals surface area contributed by atoms with Crippen LogP contribution in [0.1, 0.15) is 220 Å². The Labute approximate surface area is 731 Å². The van der Waals surface area contributed by atoms with Crippen LogP contribution in [0.3, 0.4) is 0 Å². The number of aryl methyl sites for hydroxylation is 6. The van der Waals surface area contributed by atoms with Gasteiger partial charge in [0.15, 0.2) is 0 Å². The summed E-state index contributed by atoms with van der Waals surface area (Å²) >= 11 is 0. The number of nitrogens with zero attached hydrogens (tertiary/aromatic N) is 1. The molecule has 2 saturated heterocycles. The summed E-state index contributed by atoms with van der Waals surface area (Å²) in [7, 11) is 0. The van der Waals surface area contributed by atoms with Crippen LogP contribution in [0.2, 0.25) is 0 Å². The number of hydrogen-bond acceptors (Lipinski definition) is 3. The Morgan fingerprint density at radius 3 is 0.797 bits per heavy atom. The SMILES string of the molecule is Cc1ccc2c(c1)C1(CCC(=O)CC1)c1ccccc1-2.Cc1ccc2c(c1)C1(CCCC1)c1ccccc1-2.Cc1ccc2c(c1)C1(CCCCC1)c1ccccc1-2.Cc1ccc2c(c1)C1(CCN(c3ccccc3)CC1)c1ccccc1-2.Cc1ccc2c(c1)C1(CCNCC1)c1ccccc1-2.Cc1ccc2c(c1)C1(Cc3ccccc3C1)c1ccccc1-2. The van der Waals surface area contributed by atoms with Gasteiger partial charge in [-0.1, -0.05) is 363 Å². The predicted molar refractivity (Wildman–Crippen MR) is 513 cm³/mol. The molecule has 2 aliphatic heterocycles. The smallest absolute Gasteiger partial charge is 0.133 e. The lowest BCUT2D eigenvalue weighted by atomic mass is 9.67. The molecule has 0 radical (unpaired) electrons. The fourth-order valence-corrected chi connectivity index (χ4v) is 25.8. The third-order valence-electron chi connectivity index (χ3n) is 31.7. The first-order valence-corrected chi connectivity index (χ1v) is 46.6. The summed E-state index contributed by atoms with van der Waals surface area (Å²) in [6.07, 6.45) is 22.7. The van der Waals surface area contributed by atoms with E-state index in [2.05, 4.69) is 361 Å². The third-order valence-corrected chi connectivity index (χ3v) is 31.7. The van der Waals surface area contributed by atoms with Gasteiger partial charge in [0.1, 0.15) is 5.78 Å². The van der Waals surface area contributed by atoms with Crippen molar-refractivity contribution in [3.05, 3.63) is 421 Å². The van der Waals surface area contributed by atoms with E-state index in [1.165, 1.54) is 223 Å². The van der Waals surface area contributed by atoms with Crippen molar-refractivity contribution in [3.63, 3.8) is 0 Å². The molecule has 0 atom stereocenters. The van der Waals surface area contributed by atoms with Crippen molar-refractivity contribution < 1.29 is 4.79 Å². The standard InChI is InChI=1S/C24H23N.C22H18.C19H18O.C19H20.C18H19N.C18H18/c1-18-11-12-21-20-9-5-6-10-22(20)24(23(21)17-18)13-15-25(16-14-24)19-7-3-2-4-8-19;1-15-10-11-19-18-8-4-5-9-20(18)22(21(19)12-15)13-16-6-2-3-7-17(16)14-22;1-13-6-7-16-15-4-2-3-5-17(15)19(18(16)12-13)10-8-14(20)9-11-19;1-14-9-10-16-15-7-3-4-8-17(15)19(18(16)13-14)11-5-2-6-12-19;1-13-6-7-15-14-4-2-3-5-16(14)18(17(15)12-13)8-10-19-11-9-18;1-13-8-9-15-14-6-2-3-7-16(14)18(17(15)12-13)10-4-5-11-18/h2-12,17H,13-16H2,1H3;2-12H,13-14H2,1H3;2-7,12H,8-11H2,1H3;3-4,7-10,13H,2,5-6,11-12H2,1H3;2-7,12,19H,8-11H2,1H3;2-3,6-9,12H,4-5,10-11H2,1H3. The number of carbonyl (C=O) groups excluding carboxylic acids is 1. The maximum Gasteiger partial charge on any atom is 0.133 e. The van der Waals surface area contributed by atoms with Crippen molar-refractivity contribution in [2.24, 2.45) is 0 Å². The molecule has 612 valence electrons. The minimum atomic E-state index is 0.0891. The zero-order valence-corrected chi connectivity index (χ0v) is 73.1. The van der Waals surface area contributed by atoms with Gasteiger partial charge in [-0.3, -0.25) is 4.79 Å². The molecule has 3 nitrogen and oxygen atoms in total. The normalized spacial score (nSPS) is 18.3. The lowest BCUT2D eigenvalue weighted by molar-refractivity contribution is -0.121. The number of carbonyl (C=O) groups is 1. The Bertz CT molecular complexity index is 6270. The van der Waals surface area contributed by atoms with E-state index in [9.17, 15) is 4.79 Å². The maximum absolute atomic E-state index is 11.7. The Balaban J connectivity index is 0.0000000910. The van der Waals surface area contributed by atoms with Gasteiger partial charge in [-0.15, -0.1) is 0 Å². The molecule has 14 aromatic rings. The van der Waals surface area contributed by atoms with Gasteiger partial charge in [0, 0.05) is 64.1 Å². The topological polar surface area (TPSA) is 32.3 Å². The summed E-state index contributed by atoms with van der Waals surface area (Å²) in [6, 6.07) is 116. The molecule has 123 heavy (non-hydrogen) atoms. The molecule has 26 rings (SSSR count). The average molecular weight is 1600 g/mol. The van der Waals surface area contributed by atoms with E-state index in [1.807, 2.05) is 0 Å². The number of hydrogen-bond donors (Lipinski definition) is 1. The van der Waals surface area contributed by atoms with Crippen molar-refractivity contribution in [1.29, 1.82) is 0 Å². The summed E-state index contributed by atoms with van der Waals surface area (Å²) in [5, 5.41) is 3.51. The summed E-state index contributed by atoms with van der Waals surface area (Å²) < 4.78 is 0. The molecule has 6 spiro atoms. The highest BCUT2D eigenvalue weighted by atomic mass is 16.1. The number of Topliss-reactive ketones (excluding diaryl/α,β-unsaturated/α-hetero) is 1. The molecule has 0 bridgehead atoms. The Morgan fingerprint density at radius 2 is 0.472 bits per heavy atom. The van der Waals surface area contributed by atoms with E-state index >= 15 is 0 Å². The summed E-state index contributed by atoms with van der Waals surface area (Å²) in [4.78, 5) is 14.2. The van der Waals surface area contributed by atoms with E-state index in [4.69, 9.17) is 0 Å². The van der Waals surface area contributed by atoms with E-state index in [0.29, 0.717) is 16.6 Å². The largest absolute Gasteiger partial charge is 0.371 e. The van der Waals surface area contributed by atoms with Crippen LogP contribution in [0.5, 0.6) is 0 Å². The second-order valence-corrected chi connectivity index (χ2v) is 38.6. The maximum atomic E-state index is 11.7. The highest BCUT2D eigenvalue weighted by molar-refractivity contribution is 5.89. The first-order chi connectivity index (χ1) is 60.2. The Kier molecular flexibility index (Phi) is 20.3. The van der Waals surface area contributed by atoms with E-state index in [0.717, 1.165) is 64.7 Å². The molecular weight excluding hydrogens is 1490 g/mol. The predicted octanol–water partition coefficient (Wildman–Crippen LogP) is 28.7. The molecule has 12 aliphatic rings. The van der Waals surface area contributed by atoms with Crippen molar-refractivity contribution >= 4 is 11.5 Å². The van der Waals surface area contributed by atoms with Crippen LogP contribution < -0.4 is 10.2 Å². The average Bonchev–Trinajstić information content (AvgIpc) is 1.54. The second-order valence-electron chi connectivity index (χ2n) is 38.6. The second kappa shape index (κ2) is 31.7. The first-order valence-electron chi connectivity index (χ1n) is 46.6. The van der Waals surface area contributed by atoms with Crippen molar-refractivity contribution in [2.45, 2.75) is 196 Å². The summed E-state index contributed by atoms with van der Waals surface area (Å²) in [6.45, 7) is 17.7. The molecular formula is C120H116N2O. The van der Waals surface area contributed by atoms with Gasteiger partial charge in [0.2, 0.25) is 0 Å². The van der Waals surface area contributed by atoms with Gasteiger partial charge in [-0.05, 0) is 288 Å². The number of nitrogens with one attached hydrogen (secondary N) is 1. The number of rotatable bonds is 1. The van der Waals surface area contributed by atoms with Crippen LogP contribution in [-0.2, 0) is 50.1 Å². The molecule has 14 aromatic carbocycles. The van der Waals surface area contributed by atoms with Crippen molar-refractivity contribution in [1.82, 2.24) is 5.32 Å². The number of anilines is 1. The van der Waals surface area contributed by atoms with Crippen LogP contribution >= 0.6 is 0 Å². The lowest BCUT2D eigenvalue weighted by Crippen LogP contribution is -2.42. The van der Waals surface area contributed by atoms with Gasteiger partial charge < -0.3 is 10.2 Å². The molecule has 2 heterocycles.